The highest BCUT2D eigenvalue weighted by molar-refractivity contribution is 5.80. The van der Waals surface area contributed by atoms with Gasteiger partial charge < -0.3 is 9.84 Å². The second-order valence-electron chi connectivity index (χ2n) is 7.95. The lowest BCUT2D eigenvalue weighted by Gasteiger charge is -2.52. The van der Waals surface area contributed by atoms with Gasteiger partial charge in [-0.1, -0.05) is 20.8 Å². The van der Waals surface area contributed by atoms with E-state index in [4.69, 9.17) is 4.74 Å². The Morgan fingerprint density at radius 2 is 2.00 bits per heavy atom. The Hall–Kier alpha value is -0.410. The highest BCUT2D eigenvalue weighted by atomic mass is 16.5. The first-order valence-electron chi connectivity index (χ1n) is 8.12. The number of Topliss-reactive ketones (excluding diaryl/α,β-unsaturated/α-hetero) is 1. The van der Waals surface area contributed by atoms with Gasteiger partial charge in [0.25, 0.3) is 0 Å². The quantitative estimate of drug-likeness (QED) is 0.846. The Bertz CT molecular complexity index is 432. The van der Waals surface area contributed by atoms with Gasteiger partial charge in [0.15, 0.2) is 0 Å². The van der Waals surface area contributed by atoms with E-state index in [0.29, 0.717) is 24.2 Å². The molecule has 0 amide bonds. The number of hydrogen-bond acceptors (Lipinski definition) is 3. The van der Waals surface area contributed by atoms with Crippen LogP contribution in [0.3, 0.4) is 0 Å². The lowest BCUT2D eigenvalue weighted by atomic mass is 9.69. The Morgan fingerprint density at radius 3 is 2.55 bits per heavy atom. The van der Waals surface area contributed by atoms with Gasteiger partial charge in [-0.25, -0.2) is 0 Å². The average molecular weight is 280 g/mol. The molecule has 2 bridgehead atoms. The summed E-state index contributed by atoms with van der Waals surface area (Å²) in [6.45, 7) is 10.3. The molecule has 0 spiro atoms. The molecule has 0 unspecified atom stereocenters. The molecule has 1 N–H and O–H groups in total. The van der Waals surface area contributed by atoms with Crippen molar-refractivity contribution < 1.29 is 14.6 Å². The Kier molecular flexibility index (Phi) is 3.12. The van der Waals surface area contributed by atoms with E-state index in [1.54, 1.807) is 6.92 Å². The maximum absolute atomic E-state index is 12.2. The zero-order chi connectivity index (χ0) is 14.9. The fourth-order valence-corrected chi connectivity index (χ4v) is 5.55. The summed E-state index contributed by atoms with van der Waals surface area (Å²) in [6, 6.07) is 0. The summed E-state index contributed by atoms with van der Waals surface area (Å²) in [5.74, 6) is 1.55. The maximum Gasteiger partial charge on any atom is 0.135 e. The third-order valence-corrected chi connectivity index (χ3v) is 6.75. The molecule has 114 valence electrons. The number of hydrogen-bond donors (Lipinski definition) is 1. The molecule has 7 atom stereocenters. The molecule has 1 saturated carbocycles. The molecule has 2 aliphatic heterocycles. The van der Waals surface area contributed by atoms with Crippen LogP contribution in [0.5, 0.6) is 0 Å². The van der Waals surface area contributed by atoms with E-state index in [0.717, 1.165) is 12.8 Å². The van der Waals surface area contributed by atoms with E-state index in [1.807, 2.05) is 0 Å². The second kappa shape index (κ2) is 4.30. The van der Waals surface area contributed by atoms with E-state index in [-0.39, 0.29) is 23.2 Å². The smallest absolute Gasteiger partial charge is 0.135 e. The number of carbonyl (C=O) groups is 1. The fraction of sp³-hybridized carbons (Fsp3) is 0.941. The number of rotatable bonds is 2. The first kappa shape index (κ1) is 14.5. The number of ether oxygens (including phenoxy) is 1. The van der Waals surface area contributed by atoms with Crippen molar-refractivity contribution >= 4 is 5.78 Å². The van der Waals surface area contributed by atoms with Gasteiger partial charge in [0.05, 0.1) is 17.3 Å². The molecule has 1 aliphatic carbocycles. The molecule has 0 radical (unpaired) electrons. The third-order valence-electron chi connectivity index (χ3n) is 6.75. The molecule has 20 heavy (non-hydrogen) atoms. The van der Waals surface area contributed by atoms with Crippen molar-refractivity contribution in [3.63, 3.8) is 0 Å². The summed E-state index contributed by atoms with van der Waals surface area (Å²) < 4.78 is 6.51. The van der Waals surface area contributed by atoms with Gasteiger partial charge in [0.2, 0.25) is 0 Å². The van der Waals surface area contributed by atoms with Crippen molar-refractivity contribution in [2.75, 3.05) is 0 Å². The molecule has 3 nitrogen and oxygen atoms in total. The molecule has 2 heterocycles. The van der Waals surface area contributed by atoms with E-state index in [1.165, 1.54) is 0 Å². The minimum atomic E-state index is -0.523. The predicted octanol–water partition coefficient (Wildman–Crippen LogP) is 2.80. The Labute approximate surface area is 122 Å². The lowest BCUT2D eigenvalue weighted by Crippen LogP contribution is -2.60. The van der Waals surface area contributed by atoms with E-state index >= 15 is 0 Å². The fourth-order valence-electron chi connectivity index (χ4n) is 5.55. The number of carbonyl (C=O) groups excluding carboxylic acids is 1. The molecule has 0 aromatic carbocycles. The summed E-state index contributed by atoms with van der Waals surface area (Å²) >= 11 is 0. The van der Waals surface area contributed by atoms with Crippen molar-refractivity contribution in [1.82, 2.24) is 0 Å². The van der Waals surface area contributed by atoms with Crippen molar-refractivity contribution in [3.05, 3.63) is 0 Å². The summed E-state index contributed by atoms with van der Waals surface area (Å²) in [5.41, 5.74) is -0.893. The SMILES string of the molecule is CC(=O)[C@H]1C[C@@]2(C(C)C)O[C@]1(C)[C@H]1CC[C@H](C)[C@@H]1[C@H]2O. The van der Waals surface area contributed by atoms with Crippen LogP contribution in [0.1, 0.15) is 53.9 Å². The predicted molar refractivity (Wildman–Crippen MR) is 77.2 cm³/mol. The monoisotopic (exact) mass is 280 g/mol. The van der Waals surface area contributed by atoms with Gasteiger partial charge >= 0.3 is 0 Å². The standard InChI is InChI=1S/C17H28O3/c1-9(2)17-8-13(11(4)18)16(5,20-17)12-7-6-10(3)14(12)15(17)19/h9-10,12-15,19H,6-8H2,1-5H3/t10-,12-,13+,14-,15+,16+,17-/m0/s1. The number of fused-ring (bicyclic) bond motifs is 4. The van der Waals surface area contributed by atoms with Crippen LogP contribution in [0.4, 0.5) is 0 Å². The number of aliphatic hydroxyl groups is 1. The summed E-state index contributed by atoms with van der Waals surface area (Å²) in [5, 5.41) is 11.0. The second-order valence-corrected chi connectivity index (χ2v) is 7.95. The van der Waals surface area contributed by atoms with E-state index in [9.17, 15) is 9.90 Å². The minimum Gasteiger partial charge on any atom is -0.390 e. The number of aliphatic hydroxyl groups excluding tert-OH is 1. The molecule has 0 aromatic rings. The first-order chi connectivity index (χ1) is 9.24. The highest BCUT2D eigenvalue weighted by Gasteiger charge is 2.70. The van der Waals surface area contributed by atoms with Gasteiger partial charge in [-0.05, 0) is 56.8 Å². The van der Waals surface area contributed by atoms with Gasteiger partial charge in [0.1, 0.15) is 5.78 Å². The van der Waals surface area contributed by atoms with E-state index < -0.39 is 11.7 Å². The lowest BCUT2D eigenvalue weighted by molar-refractivity contribution is -0.254. The van der Waals surface area contributed by atoms with Crippen LogP contribution >= 0.6 is 0 Å². The Balaban J connectivity index is 2.10. The third kappa shape index (κ3) is 1.57. The van der Waals surface area contributed by atoms with Crippen LogP contribution in [0.25, 0.3) is 0 Å². The van der Waals surface area contributed by atoms with Crippen molar-refractivity contribution in [2.45, 2.75) is 71.2 Å². The van der Waals surface area contributed by atoms with Gasteiger partial charge in [-0.2, -0.15) is 0 Å². The molecule has 3 heteroatoms. The van der Waals surface area contributed by atoms with Crippen LogP contribution in [0.15, 0.2) is 0 Å². The normalized spacial score (nSPS) is 54.2. The highest BCUT2D eigenvalue weighted by Crippen LogP contribution is 2.63. The average Bonchev–Trinajstić information content (AvgIpc) is 2.86. The van der Waals surface area contributed by atoms with E-state index in [2.05, 4.69) is 27.7 Å². The largest absolute Gasteiger partial charge is 0.390 e. The first-order valence-corrected chi connectivity index (χ1v) is 8.12. The molecule has 3 aliphatic rings. The van der Waals surface area contributed by atoms with Crippen molar-refractivity contribution in [3.8, 4) is 0 Å². The van der Waals surface area contributed by atoms with Crippen LogP contribution in [0, 0.1) is 29.6 Å². The molecule has 3 rings (SSSR count). The summed E-state index contributed by atoms with van der Waals surface area (Å²) in [6.07, 6.45) is 2.49. The molecular formula is C17H28O3. The summed E-state index contributed by atoms with van der Waals surface area (Å²) in [7, 11) is 0. The van der Waals surface area contributed by atoms with Gasteiger partial charge in [-0.3, -0.25) is 4.79 Å². The zero-order valence-corrected chi connectivity index (χ0v) is 13.3. The van der Waals surface area contributed by atoms with Crippen LogP contribution < -0.4 is 0 Å². The van der Waals surface area contributed by atoms with Crippen molar-refractivity contribution in [2.24, 2.45) is 29.6 Å². The topological polar surface area (TPSA) is 46.5 Å². The minimum absolute atomic E-state index is 0.0557. The van der Waals surface area contributed by atoms with Crippen LogP contribution in [-0.2, 0) is 9.53 Å². The van der Waals surface area contributed by atoms with Crippen molar-refractivity contribution in [1.29, 1.82) is 0 Å². The summed E-state index contributed by atoms with van der Waals surface area (Å²) in [4.78, 5) is 12.2. The molecule has 3 fully saturated rings. The molecule has 0 aromatic heterocycles. The maximum atomic E-state index is 12.2. The Morgan fingerprint density at radius 1 is 1.35 bits per heavy atom. The van der Waals surface area contributed by atoms with Gasteiger partial charge in [0, 0.05) is 5.92 Å². The zero-order valence-electron chi connectivity index (χ0n) is 13.3. The molecular weight excluding hydrogens is 252 g/mol. The molecule has 2 saturated heterocycles. The van der Waals surface area contributed by atoms with Crippen LogP contribution in [-0.4, -0.2) is 28.2 Å². The number of ketones is 1. The van der Waals surface area contributed by atoms with Gasteiger partial charge in [-0.15, -0.1) is 0 Å². The van der Waals surface area contributed by atoms with Crippen LogP contribution in [0.2, 0.25) is 0 Å².